The quantitative estimate of drug-likeness (QED) is 0.139. The Kier molecular flexibility index (Phi) is 7.41. The van der Waals surface area contributed by atoms with Gasteiger partial charge >= 0.3 is 5.97 Å². The number of carbonyl (C=O) groups excluding carboxylic acids is 2. The van der Waals surface area contributed by atoms with E-state index in [-0.39, 0.29) is 23.0 Å². The summed E-state index contributed by atoms with van der Waals surface area (Å²) in [7, 11) is 3.02. The SMILES string of the molecule is COc1cccc(C(=O)Oc2ccc(C=NNC(=O)C3CC3(c3ccccc3)c3ccccc3)cc2OC)c1. The number of carbonyl (C=O) groups is 2. The molecule has 0 heterocycles. The molecule has 0 bridgehead atoms. The Labute approximate surface area is 227 Å². The number of amides is 1. The minimum atomic E-state index is -0.536. The molecule has 0 spiro atoms. The van der Waals surface area contributed by atoms with Crippen molar-refractivity contribution < 1.29 is 23.8 Å². The number of hydrogen-bond acceptors (Lipinski definition) is 6. The summed E-state index contributed by atoms with van der Waals surface area (Å²) < 4.78 is 16.1. The topological polar surface area (TPSA) is 86.2 Å². The molecular weight excluding hydrogens is 492 g/mol. The van der Waals surface area contributed by atoms with Crippen LogP contribution in [0.1, 0.15) is 33.5 Å². The molecule has 5 rings (SSSR count). The van der Waals surface area contributed by atoms with Gasteiger partial charge in [-0.05, 0) is 59.5 Å². The zero-order valence-corrected chi connectivity index (χ0v) is 21.7. The van der Waals surface area contributed by atoms with Crippen molar-refractivity contribution in [3.63, 3.8) is 0 Å². The molecule has 1 fully saturated rings. The van der Waals surface area contributed by atoms with E-state index in [1.165, 1.54) is 20.4 Å². The van der Waals surface area contributed by atoms with Crippen molar-refractivity contribution in [2.45, 2.75) is 11.8 Å². The van der Waals surface area contributed by atoms with Crippen LogP contribution in [-0.2, 0) is 10.2 Å². The number of rotatable bonds is 9. The third-order valence-electron chi connectivity index (χ3n) is 6.94. The van der Waals surface area contributed by atoms with Gasteiger partial charge in [0.2, 0.25) is 5.91 Å². The van der Waals surface area contributed by atoms with Crippen molar-refractivity contribution in [3.8, 4) is 17.2 Å². The molecule has 4 aromatic rings. The summed E-state index contributed by atoms with van der Waals surface area (Å²) >= 11 is 0. The molecule has 0 aliphatic heterocycles. The number of nitrogens with one attached hydrogen (secondary N) is 1. The van der Waals surface area contributed by atoms with Crippen LogP contribution in [0, 0.1) is 5.92 Å². The van der Waals surface area contributed by atoms with E-state index in [1.54, 1.807) is 42.5 Å². The molecule has 7 heteroatoms. The molecule has 1 saturated carbocycles. The molecule has 7 nitrogen and oxygen atoms in total. The lowest BCUT2D eigenvalue weighted by atomic mass is 9.85. The van der Waals surface area contributed by atoms with Gasteiger partial charge in [0.15, 0.2) is 11.5 Å². The third-order valence-corrected chi connectivity index (χ3v) is 6.94. The Bertz CT molecular complexity index is 1460. The number of methoxy groups -OCH3 is 2. The van der Waals surface area contributed by atoms with Crippen LogP contribution in [0.3, 0.4) is 0 Å². The maximum absolute atomic E-state index is 13.1. The fourth-order valence-electron chi connectivity index (χ4n) is 4.86. The van der Waals surface area contributed by atoms with Crippen molar-refractivity contribution in [3.05, 3.63) is 125 Å². The van der Waals surface area contributed by atoms with Crippen LogP contribution < -0.4 is 19.6 Å². The van der Waals surface area contributed by atoms with Crippen LogP contribution >= 0.6 is 0 Å². The maximum Gasteiger partial charge on any atom is 0.343 e. The molecule has 0 radical (unpaired) electrons. The molecule has 4 aromatic carbocycles. The second-order valence-corrected chi connectivity index (χ2v) is 9.23. The number of ether oxygens (including phenoxy) is 3. The minimum absolute atomic E-state index is 0.144. The summed E-state index contributed by atoms with van der Waals surface area (Å²) in [6.45, 7) is 0. The Morgan fingerprint density at radius 2 is 1.51 bits per heavy atom. The maximum atomic E-state index is 13.1. The van der Waals surface area contributed by atoms with Crippen molar-refractivity contribution in [1.82, 2.24) is 5.43 Å². The van der Waals surface area contributed by atoms with Gasteiger partial charge in [0.05, 0.1) is 31.9 Å². The molecule has 196 valence electrons. The lowest BCUT2D eigenvalue weighted by Crippen LogP contribution is -2.25. The monoisotopic (exact) mass is 520 g/mol. The van der Waals surface area contributed by atoms with Crippen LogP contribution in [0.5, 0.6) is 17.2 Å². The lowest BCUT2D eigenvalue weighted by Gasteiger charge is -2.18. The Balaban J connectivity index is 1.26. The number of nitrogens with zero attached hydrogens (tertiary/aromatic N) is 1. The zero-order chi connectivity index (χ0) is 27.2. The van der Waals surface area contributed by atoms with Crippen LogP contribution in [0.15, 0.2) is 108 Å². The molecule has 39 heavy (non-hydrogen) atoms. The van der Waals surface area contributed by atoms with E-state index in [0.717, 1.165) is 11.1 Å². The highest BCUT2D eigenvalue weighted by molar-refractivity contribution is 5.92. The third kappa shape index (κ3) is 5.38. The van der Waals surface area contributed by atoms with Crippen molar-refractivity contribution >= 4 is 18.1 Å². The summed E-state index contributed by atoms with van der Waals surface area (Å²) in [6, 6.07) is 31.9. The minimum Gasteiger partial charge on any atom is -0.497 e. The van der Waals surface area contributed by atoms with Gasteiger partial charge < -0.3 is 14.2 Å². The van der Waals surface area contributed by atoms with Crippen LogP contribution in [0.2, 0.25) is 0 Å². The highest BCUT2D eigenvalue weighted by Gasteiger charge is 2.60. The van der Waals surface area contributed by atoms with Gasteiger partial charge in [-0.15, -0.1) is 0 Å². The van der Waals surface area contributed by atoms with E-state index in [2.05, 4.69) is 34.8 Å². The Morgan fingerprint density at radius 1 is 0.821 bits per heavy atom. The van der Waals surface area contributed by atoms with Gasteiger partial charge in [-0.25, -0.2) is 10.2 Å². The first-order valence-corrected chi connectivity index (χ1v) is 12.5. The molecule has 1 N–H and O–H groups in total. The predicted octanol–water partition coefficient (Wildman–Crippen LogP) is 5.38. The van der Waals surface area contributed by atoms with Crippen molar-refractivity contribution in [2.75, 3.05) is 14.2 Å². The zero-order valence-electron chi connectivity index (χ0n) is 21.7. The van der Waals surface area contributed by atoms with Crippen LogP contribution in [0.25, 0.3) is 0 Å². The summed E-state index contributed by atoms with van der Waals surface area (Å²) in [5.74, 6) is 0.268. The molecule has 0 saturated heterocycles. The fourth-order valence-corrected chi connectivity index (χ4v) is 4.86. The summed E-state index contributed by atoms with van der Waals surface area (Å²) in [6.07, 6.45) is 2.24. The number of benzene rings is 4. The van der Waals surface area contributed by atoms with Gasteiger partial charge in [0.25, 0.3) is 0 Å². The molecule has 1 amide bonds. The summed E-state index contributed by atoms with van der Waals surface area (Å²) in [5.41, 5.74) is 5.59. The predicted molar refractivity (Wildman–Crippen MR) is 148 cm³/mol. The average molecular weight is 521 g/mol. The second-order valence-electron chi connectivity index (χ2n) is 9.23. The molecule has 1 atom stereocenters. The van der Waals surface area contributed by atoms with Crippen LogP contribution in [-0.4, -0.2) is 32.3 Å². The summed E-state index contributed by atoms with van der Waals surface area (Å²) in [4.78, 5) is 25.7. The van der Waals surface area contributed by atoms with E-state index < -0.39 is 5.97 Å². The number of hydrazone groups is 1. The van der Waals surface area contributed by atoms with E-state index >= 15 is 0 Å². The van der Waals surface area contributed by atoms with Gasteiger partial charge in [0, 0.05) is 5.41 Å². The Hall–Kier alpha value is -4.91. The van der Waals surface area contributed by atoms with Gasteiger partial charge in [-0.3, -0.25) is 4.79 Å². The van der Waals surface area contributed by atoms with Crippen LogP contribution in [0.4, 0.5) is 0 Å². The van der Waals surface area contributed by atoms with Crippen molar-refractivity contribution in [1.29, 1.82) is 0 Å². The average Bonchev–Trinajstić information content (AvgIpc) is 3.76. The van der Waals surface area contributed by atoms with E-state index in [9.17, 15) is 9.59 Å². The molecule has 1 aliphatic rings. The van der Waals surface area contributed by atoms with Gasteiger partial charge in [-0.1, -0.05) is 66.7 Å². The smallest absolute Gasteiger partial charge is 0.343 e. The van der Waals surface area contributed by atoms with Gasteiger partial charge in [-0.2, -0.15) is 5.10 Å². The number of hydrogen-bond donors (Lipinski definition) is 1. The van der Waals surface area contributed by atoms with E-state index in [0.29, 0.717) is 29.0 Å². The highest BCUT2D eigenvalue weighted by atomic mass is 16.6. The fraction of sp³-hybridized carbons (Fsp3) is 0.156. The normalized spacial score (nSPS) is 15.4. The first-order chi connectivity index (χ1) is 19.0. The molecular formula is C32H28N2O5. The van der Waals surface area contributed by atoms with Crippen molar-refractivity contribution in [2.24, 2.45) is 11.0 Å². The summed E-state index contributed by atoms with van der Waals surface area (Å²) in [5, 5.41) is 4.19. The second kappa shape index (κ2) is 11.2. The standard InChI is InChI=1S/C32H28N2O5/c1-37-26-15-9-10-23(19-26)31(36)39-28-17-16-22(18-29(28)38-2)21-33-34-30(35)27-20-32(27,24-11-5-3-6-12-24)25-13-7-4-8-14-25/h3-19,21,27H,20H2,1-2H3,(H,34,35). The lowest BCUT2D eigenvalue weighted by molar-refractivity contribution is -0.122. The molecule has 1 unspecified atom stereocenters. The first kappa shape index (κ1) is 25.7. The van der Waals surface area contributed by atoms with E-state index in [1.807, 2.05) is 36.4 Å². The molecule has 0 aromatic heterocycles. The molecule has 1 aliphatic carbocycles. The highest BCUT2D eigenvalue weighted by Crippen LogP contribution is 2.58. The van der Waals surface area contributed by atoms with E-state index in [4.69, 9.17) is 14.2 Å². The first-order valence-electron chi connectivity index (χ1n) is 12.5. The number of esters is 1. The Morgan fingerprint density at radius 3 is 2.15 bits per heavy atom. The van der Waals surface area contributed by atoms with Gasteiger partial charge in [0.1, 0.15) is 5.75 Å². The largest absolute Gasteiger partial charge is 0.497 e.